The topological polar surface area (TPSA) is 26.0 Å². The zero-order chi connectivity index (χ0) is 17.2. The summed E-state index contributed by atoms with van der Waals surface area (Å²) in [4.78, 5) is 0. The number of nitrogen functional groups attached to an aromatic ring is 1. The zero-order valence-electron chi connectivity index (χ0n) is 14.8. The molecule has 0 aliphatic carbocycles. The lowest BCUT2D eigenvalue weighted by atomic mass is 10.0. The summed E-state index contributed by atoms with van der Waals surface area (Å²) in [6.45, 7) is 2.28. The van der Waals surface area contributed by atoms with Crippen LogP contribution < -0.4 is 5.73 Å². The zero-order valence-corrected chi connectivity index (χ0v) is 16.4. The molecule has 0 bridgehead atoms. The highest BCUT2D eigenvalue weighted by Gasteiger charge is 2.12. The maximum Gasteiger partial charge on any atom is 0.0542 e. The van der Waals surface area contributed by atoms with Crippen molar-refractivity contribution in [2.24, 2.45) is 0 Å². The first-order chi connectivity index (χ1) is 12.3. The Bertz CT molecular complexity index is 1010. The van der Waals surface area contributed by atoms with Crippen molar-refractivity contribution < 1.29 is 0 Å². The molecule has 1 nitrogen and oxygen atoms in total. The Hall–Kier alpha value is -1.58. The van der Waals surface area contributed by atoms with Crippen molar-refractivity contribution in [3.63, 3.8) is 0 Å². The van der Waals surface area contributed by atoms with Gasteiger partial charge < -0.3 is 5.73 Å². The Labute approximate surface area is 157 Å². The van der Waals surface area contributed by atoms with E-state index in [1.54, 1.807) is 0 Å². The second-order valence-corrected chi connectivity index (χ2v) is 9.07. The second kappa shape index (κ2) is 7.35. The number of hydrogen-bond acceptors (Lipinski definition) is 3. The molecule has 4 rings (SSSR count). The van der Waals surface area contributed by atoms with Crippen LogP contribution in [0.25, 0.3) is 29.6 Å². The predicted molar refractivity (Wildman–Crippen MR) is 116 cm³/mol. The molecule has 0 fully saturated rings. The highest BCUT2D eigenvalue weighted by atomic mass is 32.1. The van der Waals surface area contributed by atoms with Gasteiger partial charge in [0.05, 0.1) is 9.40 Å². The Kier molecular flexibility index (Phi) is 4.96. The summed E-state index contributed by atoms with van der Waals surface area (Å²) in [5.74, 6) is 0. The summed E-state index contributed by atoms with van der Waals surface area (Å²) in [5, 5.41) is 2.76. The Morgan fingerprint density at radius 1 is 0.760 bits per heavy atom. The van der Waals surface area contributed by atoms with E-state index in [4.69, 9.17) is 5.73 Å². The number of nitrogens with two attached hydrogens (primary N) is 1. The lowest BCUT2D eigenvalue weighted by molar-refractivity contribution is 0.607. The number of rotatable bonds is 7. The SMILES string of the molecule is CCCCCCCCc1ccc2c(c1)sc1c3ccc(N)cc3sc21. The van der Waals surface area contributed by atoms with E-state index in [2.05, 4.69) is 37.3 Å². The van der Waals surface area contributed by atoms with E-state index in [0.29, 0.717) is 0 Å². The third-order valence-electron chi connectivity index (χ3n) is 4.99. The van der Waals surface area contributed by atoms with Crippen molar-refractivity contribution >= 4 is 57.9 Å². The van der Waals surface area contributed by atoms with Gasteiger partial charge in [0, 0.05) is 25.9 Å². The smallest absolute Gasteiger partial charge is 0.0542 e. The van der Waals surface area contributed by atoms with E-state index >= 15 is 0 Å². The minimum atomic E-state index is 0.854. The van der Waals surface area contributed by atoms with E-state index in [9.17, 15) is 0 Å². The highest BCUT2D eigenvalue weighted by molar-refractivity contribution is 7.36. The fraction of sp³-hybridized carbons (Fsp3) is 0.364. The van der Waals surface area contributed by atoms with Crippen molar-refractivity contribution in [2.75, 3.05) is 5.73 Å². The molecule has 0 amide bonds. The van der Waals surface area contributed by atoms with Gasteiger partial charge in [0.1, 0.15) is 0 Å². The molecule has 4 aromatic rings. The van der Waals surface area contributed by atoms with E-state index in [-0.39, 0.29) is 0 Å². The summed E-state index contributed by atoms with van der Waals surface area (Å²) < 4.78 is 5.58. The third-order valence-corrected chi connectivity index (χ3v) is 7.49. The third kappa shape index (κ3) is 3.40. The molecule has 0 unspecified atom stereocenters. The fourth-order valence-corrected chi connectivity index (χ4v) is 6.35. The van der Waals surface area contributed by atoms with Gasteiger partial charge >= 0.3 is 0 Å². The van der Waals surface area contributed by atoms with Crippen LogP contribution in [0.5, 0.6) is 0 Å². The second-order valence-electron chi connectivity index (χ2n) is 6.97. The van der Waals surface area contributed by atoms with Crippen LogP contribution in [0.4, 0.5) is 5.69 Å². The molecule has 2 heterocycles. The van der Waals surface area contributed by atoms with Crippen LogP contribution in [0.1, 0.15) is 51.0 Å². The standard InChI is InChI=1S/C22H25NS2/c1-2-3-4-5-6-7-8-15-9-11-17-19(13-15)24-22-18-12-10-16(23)14-20(18)25-21(17)22/h9-14H,2-8,23H2,1H3. The first kappa shape index (κ1) is 16.9. The quantitative estimate of drug-likeness (QED) is 0.262. The number of hydrogen-bond donors (Lipinski definition) is 1. The Morgan fingerprint density at radius 2 is 1.40 bits per heavy atom. The molecule has 25 heavy (non-hydrogen) atoms. The van der Waals surface area contributed by atoms with Crippen molar-refractivity contribution in [1.29, 1.82) is 0 Å². The van der Waals surface area contributed by atoms with Crippen LogP contribution in [0, 0.1) is 0 Å². The lowest BCUT2D eigenvalue weighted by Gasteiger charge is -2.02. The minimum Gasteiger partial charge on any atom is -0.399 e. The van der Waals surface area contributed by atoms with Gasteiger partial charge in [-0.15, -0.1) is 22.7 Å². The molecule has 0 spiro atoms. The van der Waals surface area contributed by atoms with Gasteiger partial charge in [-0.1, -0.05) is 57.2 Å². The van der Waals surface area contributed by atoms with Crippen LogP contribution >= 0.6 is 22.7 Å². The molecule has 0 aliphatic heterocycles. The summed E-state index contributed by atoms with van der Waals surface area (Å²) in [7, 11) is 0. The van der Waals surface area contributed by atoms with Crippen LogP contribution in [0.15, 0.2) is 36.4 Å². The summed E-state index contributed by atoms with van der Waals surface area (Å²) >= 11 is 3.82. The number of fused-ring (bicyclic) bond motifs is 5. The maximum absolute atomic E-state index is 5.94. The van der Waals surface area contributed by atoms with Crippen molar-refractivity contribution in [1.82, 2.24) is 0 Å². The molecule has 2 aromatic heterocycles. The molecular weight excluding hydrogens is 342 g/mol. The molecule has 0 aliphatic rings. The number of aryl methyl sites for hydroxylation is 1. The van der Waals surface area contributed by atoms with Gasteiger partial charge in [0.25, 0.3) is 0 Å². The molecule has 130 valence electrons. The van der Waals surface area contributed by atoms with E-state index < -0.39 is 0 Å². The first-order valence-corrected chi connectivity index (χ1v) is 11.0. The molecule has 0 saturated carbocycles. The van der Waals surface area contributed by atoms with Gasteiger partial charge in [0.15, 0.2) is 0 Å². The van der Waals surface area contributed by atoms with E-state index in [1.807, 2.05) is 28.7 Å². The lowest BCUT2D eigenvalue weighted by Crippen LogP contribution is -1.85. The van der Waals surface area contributed by atoms with Gasteiger partial charge in [-0.2, -0.15) is 0 Å². The molecule has 0 radical (unpaired) electrons. The van der Waals surface area contributed by atoms with Gasteiger partial charge in [-0.3, -0.25) is 0 Å². The molecule has 0 atom stereocenters. The monoisotopic (exact) mass is 367 g/mol. The first-order valence-electron chi connectivity index (χ1n) is 9.39. The van der Waals surface area contributed by atoms with Gasteiger partial charge in [-0.05, 0) is 36.6 Å². The van der Waals surface area contributed by atoms with Crippen LogP contribution in [-0.4, -0.2) is 0 Å². The Balaban J connectivity index is 1.55. The average Bonchev–Trinajstić information content (AvgIpc) is 3.12. The molecule has 2 aromatic carbocycles. The number of thiophene rings is 2. The van der Waals surface area contributed by atoms with Crippen molar-refractivity contribution in [3.8, 4) is 0 Å². The van der Waals surface area contributed by atoms with Crippen molar-refractivity contribution in [3.05, 3.63) is 42.0 Å². The van der Waals surface area contributed by atoms with Crippen LogP contribution in [-0.2, 0) is 6.42 Å². The average molecular weight is 368 g/mol. The Morgan fingerprint density at radius 3 is 2.16 bits per heavy atom. The molecule has 2 N–H and O–H groups in total. The fourth-order valence-electron chi connectivity index (χ4n) is 3.58. The normalized spacial score (nSPS) is 11.9. The van der Waals surface area contributed by atoms with E-state index in [0.717, 1.165) is 5.69 Å². The minimum absolute atomic E-state index is 0.854. The van der Waals surface area contributed by atoms with Crippen molar-refractivity contribution in [2.45, 2.75) is 51.9 Å². The highest BCUT2D eigenvalue weighted by Crippen LogP contribution is 2.44. The van der Waals surface area contributed by atoms with Gasteiger partial charge in [0.2, 0.25) is 0 Å². The largest absolute Gasteiger partial charge is 0.399 e. The molecule has 3 heteroatoms. The number of anilines is 1. The van der Waals surface area contributed by atoms with Gasteiger partial charge in [-0.25, -0.2) is 0 Å². The molecule has 0 saturated heterocycles. The predicted octanol–water partition coefficient (Wildman–Crippen LogP) is 7.75. The number of benzene rings is 2. The summed E-state index contributed by atoms with van der Waals surface area (Å²) in [6, 6.07) is 13.4. The molecular formula is C22H25NS2. The number of unbranched alkanes of at least 4 members (excludes halogenated alkanes) is 5. The maximum atomic E-state index is 5.94. The van der Waals surface area contributed by atoms with Crippen LogP contribution in [0.2, 0.25) is 0 Å². The summed E-state index contributed by atoms with van der Waals surface area (Å²) in [6.07, 6.45) is 9.39. The van der Waals surface area contributed by atoms with E-state index in [1.165, 1.54) is 80.1 Å². The van der Waals surface area contributed by atoms with Crippen LogP contribution in [0.3, 0.4) is 0 Å². The summed E-state index contributed by atoms with van der Waals surface area (Å²) in [5.41, 5.74) is 8.29.